The monoisotopic (exact) mass is 691 g/mol. The molecule has 0 amide bonds. The van der Waals surface area contributed by atoms with Crippen LogP contribution in [0.5, 0.6) is 0 Å². The molecule has 1 N–H and O–H groups in total. The number of hydrogen-bond donors (Lipinski definition) is 1. The molecule has 0 atom stereocenters. The molecule has 0 aliphatic heterocycles. The van der Waals surface area contributed by atoms with Gasteiger partial charge < -0.3 is 0 Å². The third-order valence-electron chi connectivity index (χ3n) is 4.15. The van der Waals surface area contributed by atoms with Crippen molar-refractivity contribution in [3.05, 3.63) is 115 Å². The Hall–Kier alpha value is -5.14. The summed E-state index contributed by atoms with van der Waals surface area (Å²) in [5.74, 6) is 0. The van der Waals surface area contributed by atoms with Gasteiger partial charge in [-0.1, -0.05) is 15.6 Å². The van der Waals surface area contributed by atoms with Crippen LogP contribution in [0.3, 0.4) is 0 Å². The third-order valence-corrected chi connectivity index (χ3v) is 5.38. The van der Waals surface area contributed by atoms with Crippen LogP contribution in [-0.2, 0) is 22.7 Å². The van der Waals surface area contributed by atoms with E-state index in [4.69, 9.17) is 11.4 Å². The summed E-state index contributed by atoms with van der Waals surface area (Å²) < 4.78 is 24.4. The molecule has 3 rings (SSSR count). The van der Waals surface area contributed by atoms with E-state index in [1.54, 1.807) is 0 Å². The van der Waals surface area contributed by atoms with Gasteiger partial charge in [0.25, 0.3) is 34.1 Å². The van der Waals surface area contributed by atoms with Crippen molar-refractivity contribution in [2.45, 2.75) is 0 Å². The number of nitrogens with zero attached hydrogens (tertiary/aromatic N) is 6. The first-order valence-corrected chi connectivity index (χ1v) is 14.2. The van der Waals surface area contributed by atoms with Crippen molar-refractivity contribution < 1.29 is 56.3 Å². The van der Waals surface area contributed by atoms with Crippen molar-refractivity contribution in [2.24, 2.45) is 0 Å². The molecule has 0 heterocycles. The third kappa shape index (κ3) is 14.9. The van der Waals surface area contributed by atoms with Crippen LogP contribution in [0.2, 0.25) is 0 Å². The second-order valence-corrected chi connectivity index (χ2v) is 10.5. The maximum atomic E-state index is 10.3. The summed E-state index contributed by atoms with van der Waals surface area (Å²) in [7, 11) is 4.10. The van der Waals surface area contributed by atoms with Gasteiger partial charge in [-0.3, -0.25) is 60.7 Å². The fourth-order valence-electron chi connectivity index (χ4n) is 2.60. The zero-order valence-corrected chi connectivity index (χ0v) is 26.7. The molecule has 0 aliphatic carbocycles. The molecule has 0 bridgehead atoms. The second-order valence-electron chi connectivity index (χ2n) is 7.35. The number of hydrogen-bond acceptors (Lipinski definition) is 14. The van der Waals surface area contributed by atoms with Crippen molar-refractivity contribution in [2.75, 3.05) is 0 Å². The molecular formula is C18H16N6O15Si3V. The molecule has 0 saturated carbocycles. The first kappa shape index (κ1) is 37.9. The predicted octanol–water partition coefficient (Wildman–Crippen LogP) is -1.51. The molecule has 21 nitrogen and oxygen atoms in total. The fraction of sp³-hybridized carbons (Fsp3) is 0. The molecule has 43 heavy (non-hydrogen) atoms. The van der Waals surface area contributed by atoms with Gasteiger partial charge in [0.1, 0.15) is 0 Å². The van der Waals surface area contributed by atoms with E-state index in [2.05, 4.69) is 0 Å². The summed E-state index contributed by atoms with van der Waals surface area (Å²) in [4.78, 5) is 58.0. The van der Waals surface area contributed by atoms with Crippen molar-refractivity contribution >= 4 is 80.4 Å². The zero-order valence-electron chi connectivity index (χ0n) is 21.1. The van der Waals surface area contributed by atoms with E-state index in [9.17, 15) is 60.7 Å². The molecule has 0 spiro atoms. The van der Waals surface area contributed by atoms with Gasteiger partial charge in [-0.05, 0) is 0 Å². The predicted molar refractivity (Wildman–Crippen MR) is 147 cm³/mol. The van der Waals surface area contributed by atoms with E-state index in [1.165, 1.54) is 67.1 Å². The van der Waals surface area contributed by atoms with Crippen molar-refractivity contribution in [3.63, 3.8) is 0 Å². The standard InChI is InChI=1S/3C6H5N2O4Si.H2O.2O.V/c3*9-7(10)4-1-5(8(11)12)3-6(13)2-4;;;;/h3*1-3H,13H2;1H2;;;/q;;;;;;+1/p-1. The first-order valence-electron chi connectivity index (χ1n) is 10.4. The minimum atomic E-state index is -3.69. The van der Waals surface area contributed by atoms with Gasteiger partial charge in [0.2, 0.25) is 0 Å². The normalized spacial score (nSPS) is 9.30. The maximum absolute atomic E-state index is 10.3. The average molecular weight is 692 g/mol. The van der Waals surface area contributed by atoms with Gasteiger partial charge >= 0.3 is 26.8 Å². The van der Waals surface area contributed by atoms with Crippen LogP contribution in [0, 0.1) is 60.7 Å². The number of nitro benzene ring substituents is 6. The summed E-state index contributed by atoms with van der Waals surface area (Å²) in [5, 5.41) is 63.5. The van der Waals surface area contributed by atoms with E-state index in [-0.39, 0.29) is 34.1 Å². The Morgan fingerprint density at radius 3 is 0.628 bits per heavy atom. The van der Waals surface area contributed by atoms with Crippen molar-refractivity contribution in [1.29, 1.82) is 0 Å². The molecule has 0 aliphatic rings. The summed E-state index contributed by atoms with van der Waals surface area (Å²) in [6.07, 6.45) is 0. The SMILES string of the molecule is O=[N+]([O-])c1cc([SiH2])cc([N+](=O)[O-])c1.O=[N+]([O-])c1cc([SiH2])cc([N+](=O)[O-])c1.O=[N+]([O-])c1cc([SiH2])cc([N+](=O)[O-])c1.[O]=[V](=[O])[OH]. The molecule has 0 fully saturated rings. The quantitative estimate of drug-likeness (QED) is 0.174. The summed E-state index contributed by atoms with van der Waals surface area (Å²) in [5.41, 5.74) is -1.50. The Bertz CT molecular complexity index is 1370. The Kier molecular flexibility index (Phi) is 15.5. The zero-order chi connectivity index (χ0) is 33.6. The summed E-state index contributed by atoms with van der Waals surface area (Å²) in [6.45, 7) is 0. The number of nitro groups is 6. The Morgan fingerprint density at radius 2 is 0.535 bits per heavy atom. The first-order chi connectivity index (χ1) is 19.7. The molecule has 0 aromatic heterocycles. The van der Waals surface area contributed by atoms with Crippen LogP contribution in [0.4, 0.5) is 34.1 Å². The average Bonchev–Trinajstić information content (AvgIpc) is 2.87. The van der Waals surface area contributed by atoms with Crippen LogP contribution < -0.4 is 15.6 Å². The molecule has 3 radical (unpaired) electrons. The van der Waals surface area contributed by atoms with Crippen LogP contribution in [0.15, 0.2) is 54.6 Å². The Morgan fingerprint density at radius 1 is 0.419 bits per heavy atom. The van der Waals surface area contributed by atoms with Gasteiger partial charge in [-0.2, -0.15) is 0 Å². The summed E-state index contributed by atoms with van der Waals surface area (Å²) >= 11 is -3.69. The molecule has 3 aromatic carbocycles. The van der Waals surface area contributed by atoms with E-state index in [1.807, 2.05) is 0 Å². The topological polar surface area (TPSA) is 313 Å². The van der Waals surface area contributed by atoms with Gasteiger partial charge in [0.15, 0.2) is 0 Å². The van der Waals surface area contributed by atoms with Gasteiger partial charge in [0, 0.05) is 67.1 Å². The molecule has 0 unspecified atom stereocenters. The van der Waals surface area contributed by atoms with Crippen LogP contribution in [0.1, 0.15) is 0 Å². The van der Waals surface area contributed by atoms with Gasteiger partial charge in [-0.15, -0.1) is 0 Å². The van der Waals surface area contributed by atoms with Crippen LogP contribution >= 0.6 is 0 Å². The molecule has 0 saturated heterocycles. The van der Waals surface area contributed by atoms with Crippen LogP contribution in [-0.4, -0.2) is 64.3 Å². The van der Waals surface area contributed by atoms with E-state index in [0.717, 1.165) is 18.2 Å². The summed E-state index contributed by atoms with van der Waals surface area (Å²) in [6, 6.07) is 10.6. The molecule has 25 heteroatoms. The number of non-ortho nitro benzene ring substituents is 6. The number of benzene rings is 3. The fourth-order valence-corrected chi connectivity index (χ4v) is 3.86. The molecule has 225 valence electrons. The number of rotatable bonds is 6. The molecular weight excluding hydrogens is 675 g/mol. The van der Waals surface area contributed by atoms with E-state index >= 15 is 0 Å². The second kappa shape index (κ2) is 17.6. The van der Waals surface area contributed by atoms with E-state index < -0.39 is 44.9 Å². The Balaban J connectivity index is 0.000000578. The minimum absolute atomic E-state index is 0.251. The van der Waals surface area contributed by atoms with Gasteiger partial charge in [-0.25, -0.2) is 0 Å². The van der Waals surface area contributed by atoms with E-state index in [0.29, 0.717) is 15.6 Å². The van der Waals surface area contributed by atoms with Crippen LogP contribution in [0.25, 0.3) is 0 Å². The van der Waals surface area contributed by atoms with Gasteiger partial charge in [0.05, 0.1) is 47.7 Å². The van der Waals surface area contributed by atoms with Crippen molar-refractivity contribution in [3.8, 4) is 0 Å². The Labute approximate surface area is 251 Å². The molecule has 3 aromatic rings. The van der Waals surface area contributed by atoms with Crippen molar-refractivity contribution in [1.82, 2.24) is 0 Å².